The highest BCUT2D eigenvalue weighted by molar-refractivity contribution is 7.92. The normalized spacial score (nSPS) is 11.6. The molecule has 2 aromatic carbocycles. The van der Waals surface area contributed by atoms with Gasteiger partial charge in [-0.05, 0) is 30.7 Å². The zero-order valence-corrected chi connectivity index (χ0v) is 16.3. The molecule has 0 saturated carbocycles. The third-order valence-electron chi connectivity index (χ3n) is 4.15. The van der Waals surface area contributed by atoms with E-state index in [1.165, 1.54) is 18.4 Å². The number of sulfonamides is 1. The minimum atomic E-state index is -3.83. The van der Waals surface area contributed by atoms with Crippen molar-refractivity contribution in [2.24, 2.45) is 0 Å². The first-order chi connectivity index (χ1) is 13.0. The van der Waals surface area contributed by atoms with Crippen LogP contribution in [-0.4, -0.2) is 24.9 Å². The Bertz CT molecular complexity index is 1200. The molecule has 0 saturated heterocycles. The molecule has 0 aliphatic carbocycles. The summed E-state index contributed by atoms with van der Waals surface area (Å²) in [6, 6.07) is 12.2. The maximum Gasteiger partial charge on any atom is 0.265 e. The van der Waals surface area contributed by atoms with E-state index < -0.39 is 10.0 Å². The molecule has 27 heavy (non-hydrogen) atoms. The van der Waals surface area contributed by atoms with Gasteiger partial charge in [0.1, 0.15) is 10.6 Å². The van der Waals surface area contributed by atoms with Gasteiger partial charge in [0.2, 0.25) is 0 Å². The Morgan fingerprint density at radius 2 is 2.00 bits per heavy atom. The molecule has 6 nitrogen and oxygen atoms in total. The molecule has 0 aliphatic rings. The summed E-state index contributed by atoms with van der Waals surface area (Å²) < 4.78 is 35.8. The molecule has 0 aliphatic heterocycles. The second kappa shape index (κ2) is 6.71. The number of benzene rings is 2. The van der Waals surface area contributed by atoms with E-state index in [1.54, 1.807) is 30.3 Å². The summed E-state index contributed by atoms with van der Waals surface area (Å²) in [6.45, 7) is 1.88. The third-order valence-corrected chi connectivity index (χ3v) is 6.32. The number of aryl methyl sites for hydroxylation is 1. The molecule has 2 heterocycles. The molecule has 0 unspecified atom stereocenters. The van der Waals surface area contributed by atoms with Crippen LogP contribution in [-0.2, 0) is 10.0 Å². The van der Waals surface area contributed by atoms with Crippen LogP contribution >= 0.6 is 11.3 Å². The number of thiazole rings is 1. The van der Waals surface area contributed by atoms with Crippen molar-refractivity contribution in [1.82, 2.24) is 9.38 Å². The van der Waals surface area contributed by atoms with Gasteiger partial charge in [-0.25, -0.2) is 13.4 Å². The van der Waals surface area contributed by atoms with E-state index in [9.17, 15) is 8.42 Å². The first-order valence-corrected chi connectivity index (χ1v) is 10.5. The van der Waals surface area contributed by atoms with Gasteiger partial charge in [0, 0.05) is 23.3 Å². The van der Waals surface area contributed by atoms with Crippen LogP contribution < -0.4 is 9.46 Å². The molecule has 0 radical (unpaired) electrons. The van der Waals surface area contributed by atoms with E-state index >= 15 is 0 Å². The van der Waals surface area contributed by atoms with E-state index in [2.05, 4.69) is 9.71 Å². The van der Waals surface area contributed by atoms with Crippen molar-refractivity contribution in [3.8, 4) is 17.0 Å². The average Bonchev–Trinajstić information content (AvgIpc) is 3.23. The molecule has 2 aromatic heterocycles. The lowest BCUT2D eigenvalue weighted by Gasteiger charge is -2.14. The van der Waals surface area contributed by atoms with Gasteiger partial charge < -0.3 is 4.74 Å². The Morgan fingerprint density at radius 1 is 1.19 bits per heavy atom. The van der Waals surface area contributed by atoms with E-state index in [0.29, 0.717) is 22.7 Å². The third kappa shape index (κ3) is 3.29. The van der Waals surface area contributed by atoms with Crippen molar-refractivity contribution in [3.05, 3.63) is 65.8 Å². The number of aromatic nitrogens is 2. The van der Waals surface area contributed by atoms with Crippen LogP contribution in [0.4, 0.5) is 5.69 Å². The summed E-state index contributed by atoms with van der Waals surface area (Å²) in [5.74, 6) is 0.308. The Hall–Kier alpha value is -2.84. The highest BCUT2D eigenvalue weighted by atomic mass is 32.2. The Morgan fingerprint density at radius 3 is 2.78 bits per heavy atom. The fourth-order valence-corrected chi connectivity index (χ4v) is 4.78. The monoisotopic (exact) mass is 399 g/mol. The van der Waals surface area contributed by atoms with Crippen molar-refractivity contribution in [2.75, 3.05) is 11.8 Å². The fraction of sp³-hybridized carbons (Fsp3) is 0.105. The quantitative estimate of drug-likeness (QED) is 0.546. The van der Waals surface area contributed by atoms with Gasteiger partial charge in [0.25, 0.3) is 10.0 Å². The van der Waals surface area contributed by atoms with Crippen LogP contribution in [0.2, 0.25) is 0 Å². The van der Waals surface area contributed by atoms with Crippen molar-refractivity contribution in [2.45, 2.75) is 11.8 Å². The first-order valence-electron chi connectivity index (χ1n) is 8.17. The van der Waals surface area contributed by atoms with Crippen molar-refractivity contribution in [1.29, 1.82) is 0 Å². The minimum Gasteiger partial charge on any atom is -0.495 e. The lowest BCUT2D eigenvalue weighted by atomic mass is 10.1. The number of nitrogens with zero attached hydrogens (tertiary/aromatic N) is 2. The van der Waals surface area contributed by atoms with Gasteiger partial charge in [-0.1, -0.05) is 24.3 Å². The molecule has 1 N–H and O–H groups in total. The number of ether oxygens (including phenoxy) is 1. The predicted octanol–water partition coefficient (Wildman–Crippen LogP) is 4.18. The second-order valence-electron chi connectivity index (χ2n) is 6.02. The molecule has 4 rings (SSSR count). The number of hydrogen-bond acceptors (Lipinski definition) is 5. The number of nitrogens with one attached hydrogen (secondary N) is 1. The topological polar surface area (TPSA) is 72.7 Å². The molecule has 8 heteroatoms. The summed E-state index contributed by atoms with van der Waals surface area (Å²) >= 11 is 1.52. The van der Waals surface area contributed by atoms with E-state index in [0.717, 1.165) is 10.5 Å². The summed E-state index contributed by atoms with van der Waals surface area (Å²) in [4.78, 5) is 5.52. The molecule has 138 valence electrons. The number of methoxy groups -OCH3 is 1. The van der Waals surface area contributed by atoms with E-state index in [-0.39, 0.29) is 4.90 Å². The van der Waals surface area contributed by atoms with Crippen LogP contribution in [0.3, 0.4) is 0 Å². The maximum absolute atomic E-state index is 13.0. The van der Waals surface area contributed by atoms with Crippen LogP contribution in [0.1, 0.15) is 5.56 Å². The highest BCUT2D eigenvalue weighted by Gasteiger charge is 2.21. The SMILES string of the molecule is COc1cc(C)ccc1S(=O)(=O)Nc1ccccc1-c1cn2ccsc2n1. The number of fused-ring (bicyclic) bond motifs is 1. The van der Waals surface area contributed by atoms with Gasteiger partial charge >= 0.3 is 0 Å². The highest BCUT2D eigenvalue weighted by Crippen LogP contribution is 2.32. The number of imidazole rings is 1. The Balaban J connectivity index is 1.76. The van der Waals surface area contributed by atoms with Gasteiger partial charge in [-0.15, -0.1) is 11.3 Å². The predicted molar refractivity (Wildman–Crippen MR) is 107 cm³/mol. The minimum absolute atomic E-state index is 0.0937. The van der Waals surface area contributed by atoms with E-state index in [1.807, 2.05) is 41.2 Å². The molecule has 0 atom stereocenters. The van der Waals surface area contributed by atoms with Gasteiger partial charge in [-0.2, -0.15) is 0 Å². The second-order valence-corrected chi connectivity index (χ2v) is 8.55. The van der Waals surface area contributed by atoms with Crippen LogP contribution in [0.25, 0.3) is 16.2 Å². The lowest BCUT2D eigenvalue weighted by molar-refractivity contribution is 0.402. The van der Waals surface area contributed by atoms with Gasteiger partial charge in [0.05, 0.1) is 18.5 Å². The maximum atomic E-state index is 13.0. The first kappa shape index (κ1) is 17.6. The number of hydrogen-bond donors (Lipinski definition) is 1. The van der Waals surface area contributed by atoms with E-state index in [4.69, 9.17) is 4.74 Å². The molecule has 0 bridgehead atoms. The van der Waals surface area contributed by atoms with Crippen molar-refractivity contribution in [3.63, 3.8) is 0 Å². The number of para-hydroxylation sites is 1. The van der Waals surface area contributed by atoms with Crippen molar-refractivity contribution >= 4 is 32.0 Å². The molecule has 4 aromatic rings. The van der Waals surface area contributed by atoms with Gasteiger partial charge in [0.15, 0.2) is 4.96 Å². The lowest BCUT2D eigenvalue weighted by Crippen LogP contribution is -2.14. The molecular weight excluding hydrogens is 382 g/mol. The molecule has 0 amide bonds. The molecular formula is C19H17N3O3S2. The molecule has 0 fully saturated rings. The largest absolute Gasteiger partial charge is 0.495 e. The summed E-state index contributed by atoms with van der Waals surface area (Å²) in [5.41, 5.74) is 2.80. The Kier molecular flexibility index (Phi) is 4.37. The summed E-state index contributed by atoms with van der Waals surface area (Å²) in [6.07, 6.45) is 3.80. The number of anilines is 1. The van der Waals surface area contributed by atoms with Gasteiger partial charge in [-0.3, -0.25) is 9.12 Å². The number of rotatable bonds is 5. The smallest absolute Gasteiger partial charge is 0.265 e. The van der Waals surface area contributed by atoms with Crippen LogP contribution in [0.15, 0.2) is 65.1 Å². The fourth-order valence-electron chi connectivity index (χ4n) is 2.85. The summed E-state index contributed by atoms with van der Waals surface area (Å²) in [5, 5.41) is 1.95. The zero-order chi connectivity index (χ0) is 19.0. The Labute approximate surface area is 161 Å². The standard InChI is InChI=1S/C19H17N3O3S2/c1-13-7-8-18(17(11-13)25-2)27(23,24)21-15-6-4-3-5-14(15)16-12-22-9-10-26-19(22)20-16/h3-12,21H,1-2H3. The average molecular weight is 399 g/mol. The molecule has 0 spiro atoms. The van der Waals surface area contributed by atoms with Crippen LogP contribution in [0.5, 0.6) is 5.75 Å². The van der Waals surface area contributed by atoms with Crippen LogP contribution in [0, 0.1) is 6.92 Å². The van der Waals surface area contributed by atoms with Crippen molar-refractivity contribution < 1.29 is 13.2 Å². The summed E-state index contributed by atoms with van der Waals surface area (Å²) in [7, 11) is -2.37. The zero-order valence-electron chi connectivity index (χ0n) is 14.7.